The Labute approximate surface area is 120 Å². The molecule has 2 N–H and O–H groups in total. The minimum atomic E-state index is -0.409. The summed E-state index contributed by atoms with van der Waals surface area (Å²) >= 11 is 3.50. The second kappa shape index (κ2) is 5.06. The lowest BCUT2D eigenvalue weighted by molar-refractivity contribution is 0.199. The van der Waals surface area contributed by atoms with E-state index in [4.69, 9.17) is 12.2 Å². The number of amidine groups is 1. The smallest absolute Gasteiger partial charge is 0.347 e. The first-order chi connectivity index (χ1) is 8.95. The van der Waals surface area contributed by atoms with E-state index in [1.807, 2.05) is 25.1 Å². The van der Waals surface area contributed by atoms with Crippen LogP contribution < -0.4 is 5.73 Å². The van der Waals surface area contributed by atoms with Crippen molar-refractivity contribution in [1.82, 2.24) is 4.90 Å². The summed E-state index contributed by atoms with van der Waals surface area (Å²) in [4.78, 5) is 17.2. The Bertz CT molecular complexity index is 603. The lowest BCUT2D eigenvalue weighted by Crippen LogP contribution is -2.39. The maximum absolute atomic E-state index is 11.9. The molecule has 1 aromatic rings. The van der Waals surface area contributed by atoms with E-state index in [2.05, 4.69) is 26.8 Å². The van der Waals surface area contributed by atoms with Gasteiger partial charge in [0.15, 0.2) is 0 Å². The molecule has 2 amide bonds. The number of nitrogens with two attached hydrogens (primary N) is 1. The molecule has 0 radical (unpaired) electrons. The maximum atomic E-state index is 11.9. The van der Waals surface area contributed by atoms with Crippen molar-refractivity contribution in [2.24, 2.45) is 10.7 Å². The highest BCUT2D eigenvalue weighted by Crippen LogP contribution is 2.33. The normalized spacial score (nSPS) is 20.1. The molecule has 0 bridgehead atoms. The number of carbonyl (C=O) groups excluding carboxylic acids is 1. The number of hydrogen-bond donors (Lipinski definition) is 1. The van der Waals surface area contributed by atoms with Crippen molar-refractivity contribution >= 4 is 27.8 Å². The van der Waals surface area contributed by atoms with Crippen molar-refractivity contribution in [2.75, 3.05) is 0 Å². The number of benzene rings is 1. The quantitative estimate of drug-likeness (QED) is 0.852. The van der Waals surface area contributed by atoms with Crippen LogP contribution in [-0.4, -0.2) is 22.8 Å². The van der Waals surface area contributed by atoms with Gasteiger partial charge >= 0.3 is 6.03 Å². The van der Waals surface area contributed by atoms with Crippen molar-refractivity contribution in [2.45, 2.75) is 25.9 Å². The number of aryl methyl sites for hydroxylation is 1. The van der Waals surface area contributed by atoms with Crippen LogP contribution in [0, 0.1) is 19.3 Å². The first-order valence-corrected chi connectivity index (χ1v) is 6.63. The summed E-state index contributed by atoms with van der Waals surface area (Å²) in [7, 11) is 0. The number of terminal acetylenes is 1. The predicted octanol–water partition coefficient (Wildman–Crippen LogP) is 2.61. The predicted molar refractivity (Wildman–Crippen MR) is 78.8 cm³/mol. The second-order valence-electron chi connectivity index (χ2n) is 4.50. The summed E-state index contributed by atoms with van der Waals surface area (Å²) < 4.78 is 0.888. The zero-order chi connectivity index (χ0) is 14.2. The van der Waals surface area contributed by atoms with Gasteiger partial charge in [-0.1, -0.05) is 34.0 Å². The van der Waals surface area contributed by atoms with E-state index in [-0.39, 0.29) is 17.9 Å². The second-order valence-corrected chi connectivity index (χ2v) is 5.35. The number of urea groups is 1. The maximum Gasteiger partial charge on any atom is 0.347 e. The molecule has 2 atom stereocenters. The van der Waals surface area contributed by atoms with Crippen LogP contribution in [0.3, 0.4) is 0 Å². The number of nitrogens with zero attached hydrogens (tertiary/aromatic N) is 2. The van der Waals surface area contributed by atoms with Gasteiger partial charge in [-0.15, -0.1) is 6.42 Å². The first-order valence-electron chi connectivity index (χ1n) is 5.84. The van der Waals surface area contributed by atoms with Crippen molar-refractivity contribution < 1.29 is 4.79 Å². The summed E-state index contributed by atoms with van der Waals surface area (Å²) in [6, 6.07) is 4.71. The number of rotatable bonds is 2. The molecule has 2 rings (SSSR count). The molecule has 98 valence electrons. The molecule has 1 heterocycles. The van der Waals surface area contributed by atoms with E-state index < -0.39 is 6.04 Å². The van der Waals surface area contributed by atoms with Gasteiger partial charge in [0, 0.05) is 4.47 Å². The van der Waals surface area contributed by atoms with Gasteiger partial charge in [0.05, 0.1) is 6.04 Å². The van der Waals surface area contributed by atoms with E-state index in [1.54, 1.807) is 6.92 Å². The lowest BCUT2D eigenvalue weighted by Gasteiger charge is -2.28. The summed E-state index contributed by atoms with van der Waals surface area (Å²) in [6.07, 6.45) is 5.41. The number of halogens is 1. The fourth-order valence-electron chi connectivity index (χ4n) is 2.11. The highest BCUT2D eigenvalue weighted by Gasteiger charge is 2.38. The zero-order valence-electron chi connectivity index (χ0n) is 10.7. The number of amides is 2. The van der Waals surface area contributed by atoms with E-state index >= 15 is 0 Å². The number of hydrogen-bond acceptors (Lipinski definition) is 2. The lowest BCUT2D eigenvalue weighted by atomic mass is 10.0. The average Bonchev–Trinajstić information content (AvgIpc) is 2.63. The standard InChI is InChI=1S/C14H14BrN3O/c1-4-9(3)18-12(13(16)17-14(18)19)10-6-5-8(2)7-11(10)15/h1,5-7,9,12H,2-3H3,(H2,16,17,19). The van der Waals surface area contributed by atoms with Crippen molar-refractivity contribution in [3.8, 4) is 12.3 Å². The molecule has 0 aliphatic carbocycles. The Morgan fingerprint density at radius 1 is 1.58 bits per heavy atom. The molecule has 1 aromatic carbocycles. The van der Waals surface area contributed by atoms with E-state index in [0.29, 0.717) is 0 Å². The summed E-state index contributed by atoms with van der Waals surface area (Å²) in [5.74, 6) is 2.82. The van der Waals surface area contributed by atoms with Crippen LogP contribution >= 0.6 is 15.9 Å². The molecule has 2 unspecified atom stereocenters. The fraction of sp³-hybridized carbons (Fsp3) is 0.286. The highest BCUT2D eigenvalue weighted by molar-refractivity contribution is 9.10. The van der Waals surface area contributed by atoms with Gasteiger partial charge in [0.1, 0.15) is 11.9 Å². The molecular formula is C14H14BrN3O. The molecule has 5 heteroatoms. The average molecular weight is 320 g/mol. The third-order valence-electron chi connectivity index (χ3n) is 3.11. The van der Waals surface area contributed by atoms with Crippen molar-refractivity contribution in [1.29, 1.82) is 0 Å². The SMILES string of the molecule is C#CC(C)N1C(=O)N=C(N)C1c1ccc(C)cc1Br. The van der Waals surface area contributed by atoms with E-state index in [0.717, 1.165) is 15.6 Å². The first kappa shape index (κ1) is 13.6. The van der Waals surface area contributed by atoms with Gasteiger partial charge in [0.2, 0.25) is 0 Å². The Morgan fingerprint density at radius 3 is 2.84 bits per heavy atom. The number of carbonyl (C=O) groups is 1. The monoisotopic (exact) mass is 319 g/mol. The van der Waals surface area contributed by atoms with Crippen molar-refractivity contribution in [3.63, 3.8) is 0 Å². The molecule has 1 aliphatic heterocycles. The minimum Gasteiger partial charge on any atom is -0.385 e. The van der Waals surface area contributed by atoms with Gasteiger partial charge in [-0.3, -0.25) is 4.90 Å². The van der Waals surface area contributed by atoms with E-state index in [1.165, 1.54) is 4.90 Å². The zero-order valence-corrected chi connectivity index (χ0v) is 12.3. The van der Waals surface area contributed by atoms with Gasteiger partial charge in [-0.2, -0.15) is 4.99 Å². The molecule has 0 saturated heterocycles. The molecule has 19 heavy (non-hydrogen) atoms. The third kappa shape index (κ3) is 2.36. The summed E-state index contributed by atoms with van der Waals surface area (Å²) in [5, 5.41) is 0. The molecule has 0 aromatic heterocycles. The van der Waals surface area contributed by atoms with Crippen LogP contribution in [0.15, 0.2) is 27.7 Å². The molecule has 1 aliphatic rings. The van der Waals surface area contributed by atoms with E-state index in [9.17, 15) is 4.79 Å². The minimum absolute atomic E-state index is 0.275. The van der Waals surface area contributed by atoms with Crippen LogP contribution in [0.5, 0.6) is 0 Å². The van der Waals surface area contributed by atoms with Crippen molar-refractivity contribution in [3.05, 3.63) is 33.8 Å². The molecule has 4 nitrogen and oxygen atoms in total. The van der Waals surface area contributed by atoms with Crippen LogP contribution in [0.1, 0.15) is 24.1 Å². The van der Waals surface area contributed by atoms with Crippen LogP contribution in [0.4, 0.5) is 4.79 Å². The Morgan fingerprint density at radius 2 is 2.26 bits per heavy atom. The Balaban J connectivity index is 2.49. The molecule has 0 fully saturated rings. The Hall–Kier alpha value is -1.80. The third-order valence-corrected chi connectivity index (χ3v) is 3.80. The summed E-state index contributed by atoms with van der Waals surface area (Å²) in [6.45, 7) is 3.77. The molecular weight excluding hydrogens is 306 g/mol. The van der Waals surface area contributed by atoms with Gasteiger partial charge < -0.3 is 5.73 Å². The molecule has 0 saturated carbocycles. The number of aliphatic imine (C=N–C) groups is 1. The largest absolute Gasteiger partial charge is 0.385 e. The summed E-state index contributed by atoms with van der Waals surface area (Å²) in [5.41, 5.74) is 7.90. The fourth-order valence-corrected chi connectivity index (χ4v) is 2.83. The van der Waals surface area contributed by atoms with Gasteiger partial charge in [-0.25, -0.2) is 4.79 Å². The van der Waals surface area contributed by atoms with Crippen LogP contribution in [-0.2, 0) is 0 Å². The topological polar surface area (TPSA) is 58.7 Å². The Kier molecular flexibility index (Phi) is 3.63. The van der Waals surface area contributed by atoms with Crippen LogP contribution in [0.25, 0.3) is 0 Å². The van der Waals surface area contributed by atoms with Gasteiger partial charge in [-0.05, 0) is 31.0 Å². The highest BCUT2D eigenvalue weighted by atomic mass is 79.9. The van der Waals surface area contributed by atoms with Gasteiger partial charge in [0.25, 0.3) is 0 Å². The van der Waals surface area contributed by atoms with Crippen LogP contribution in [0.2, 0.25) is 0 Å². The molecule has 0 spiro atoms.